The molecular formula is C13H14ClN3O. The van der Waals surface area contributed by atoms with Crippen molar-refractivity contribution in [2.75, 3.05) is 12.8 Å². The molecule has 2 rings (SSSR count). The number of aryl methyl sites for hydroxylation is 2. The number of methoxy groups -OCH3 is 1. The number of anilines is 1. The van der Waals surface area contributed by atoms with Crippen LogP contribution in [0.3, 0.4) is 0 Å². The highest BCUT2D eigenvalue weighted by atomic mass is 35.5. The average molecular weight is 264 g/mol. The molecule has 0 saturated carbocycles. The van der Waals surface area contributed by atoms with E-state index in [2.05, 4.69) is 9.97 Å². The second-order valence-electron chi connectivity index (χ2n) is 4.06. The fourth-order valence-electron chi connectivity index (χ4n) is 1.88. The topological polar surface area (TPSA) is 61.0 Å². The lowest BCUT2D eigenvalue weighted by molar-refractivity contribution is 0.413. The molecule has 0 amide bonds. The highest BCUT2D eigenvalue weighted by Gasteiger charge is 2.13. The Hall–Kier alpha value is -1.81. The lowest BCUT2D eigenvalue weighted by atomic mass is 10.1. The van der Waals surface area contributed by atoms with Crippen molar-refractivity contribution in [1.29, 1.82) is 0 Å². The minimum absolute atomic E-state index is 0.428. The third-order valence-corrected chi connectivity index (χ3v) is 2.78. The van der Waals surface area contributed by atoms with E-state index in [9.17, 15) is 0 Å². The van der Waals surface area contributed by atoms with Gasteiger partial charge in [-0.3, -0.25) is 0 Å². The van der Waals surface area contributed by atoms with Crippen molar-refractivity contribution in [2.45, 2.75) is 13.8 Å². The molecule has 0 aliphatic carbocycles. The maximum Gasteiger partial charge on any atom is 0.165 e. The number of benzene rings is 1. The van der Waals surface area contributed by atoms with Gasteiger partial charge >= 0.3 is 0 Å². The Labute approximate surface area is 111 Å². The maximum absolute atomic E-state index is 6.07. The van der Waals surface area contributed by atoms with E-state index in [-0.39, 0.29) is 0 Å². The third kappa shape index (κ3) is 2.38. The van der Waals surface area contributed by atoms with Gasteiger partial charge in [-0.2, -0.15) is 0 Å². The summed E-state index contributed by atoms with van der Waals surface area (Å²) in [5, 5.41) is 0.618. The molecule has 0 unspecified atom stereocenters. The first-order valence-electron chi connectivity index (χ1n) is 5.47. The van der Waals surface area contributed by atoms with Gasteiger partial charge in [0.15, 0.2) is 5.82 Å². The van der Waals surface area contributed by atoms with Gasteiger partial charge in [0.1, 0.15) is 11.6 Å². The van der Waals surface area contributed by atoms with Crippen LogP contribution in [0.4, 0.5) is 5.82 Å². The molecule has 5 heteroatoms. The van der Waals surface area contributed by atoms with Crippen molar-refractivity contribution < 1.29 is 4.74 Å². The van der Waals surface area contributed by atoms with E-state index in [1.807, 2.05) is 19.9 Å². The molecule has 0 aliphatic heterocycles. The molecule has 1 aromatic heterocycles. The van der Waals surface area contributed by atoms with Gasteiger partial charge in [0.2, 0.25) is 0 Å². The molecule has 18 heavy (non-hydrogen) atoms. The van der Waals surface area contributed by atoms with Gasteiger partial charge in [0.25, 0.3) is 0 Å². The van der Waals surface area contributed by atoms with Gasteiger partial charge in [-0.25, -0.2) is 9.97 Å². The first kappa shape index (κ1) is 12.6. The zero-order chi connectivity index (χ0) is 13.3. The molecule has 2 N–H and O–H groups in total. The molecule has 1 heterocycles. The number of nitrogens with zero attached hydrogens (tertiary/aromatic N) is 2. The van der Waals surface area contributed by atoms with E-state index < -0.39 is 0 Å². The Morgan fingerprint density at radius 3 is 2.50 bits per heavy atom. The van der Waals surface area contributed by atoms with Crippen LogP contribution in [0.15, 0.2) is 18.2 Å². The number of nitrogens with two attached hydrogens (primary N) is 1. The van der Waals surface area contributed by atoms with Gasteiger partial charge < -0.3 is 10.5 Å². The van der Waals surface area contributed by atoms with Gasteiger partial charge in [-0.05, 0) is 31.5 Å². The molecule has 0 saturated heterocycles. The summed E-state index contributed by atoms with van der Waals surface area (Å²) < 4.78 is 5.39. The summed E-state index contributed by atoms with van der Waals surface area (Å²) in [5.41, 5.74) is 8.22. The first-order valence-corrected chi connectivity index (χ1v) is 5.84. The molecule has 1 aromatic carbocycles. The summed E-state index contributed by atoms with van der Waals surface area (Å²) >= 11 is 6.07. The quantitative estimate of drug-likeness (QED) is 0.905. The van der Waals surface area contributed by atoms with E-state index >= 15 is 0 Å². The number of nitrogen functional groups attached to an aromatic ring is 1. The molecule has 0 aliphatic rings. The number of aromatic nitrogens is 2. The smallest absolute Gasteiger partial charge is 0.165 e. The van der Waals surface area contributed by atoms with Crippen molar-refractivity contribution in [1.82, 2.24) is 9.97 Å². The van der Waals surface area contributed by atoms with Crippen molar-refractivity contribution in [2.24, 2.45) is 0 Å². The fraction of sp³-hybridized carbons (Fsp3) is 0.231. The van der Waals surface area contributed by atoms with Crippen LogP contribution < -0.4 is 10.5 Å². The largest absolute Gasteiger partial charge is 0.496 e. The normalized spacial score (nSPS) is 10.4. The molecular weight excluding hydrogens is 250 g/mol. The molecule has 94 valence electrons. The molecule has 0 spiro atoms. The molecule has 0 fully saturated rings. The van der Waals surface area contributed by atoms with E-state index in [1.54, 1.807) is 19.2 Å². The predicted molar refractivity (Wildman–Crippen MR) is 72.9 cm³/mol. The van der Waals surface area contributed by atoms with E-state index in [0.29, 0.717) is 22.4 Å². The lowest BCUT2D eigenvalue weighted by Crippen LogP contribution is -2.00. The highest BCUT2D eigenvalue weighted by Crippen LogP contribution is 2.34. The monoisotopic (exact) mass is 263 g/mol. The Balaban J connectivity index is 2.69. The summed E-state index contributed by atoms with van der Waals surface area (Å²) in [6.45, 7) is 3.79. The number of hydrogen-bond acceptors (Lipinski definition) is 4. The van der Waals surface area contributed by atoms with Crippen LogP contribution in [0.1, 0.15) is 11.3 Å². The second-order valence-corrected chi connectivity index (χ2v) is 4.50. The number of halogens is 1. The Morgan fingerprint density at radius 1 is 1.17 bits per heavy atom. The van der Waals surface area contributed by atoms with Gasteiger partial charge in [-0.15, -0.1) is 0 Å². The molecule has 4 nitrogen and oxygen atoms in total. The van der Waals surface area contributed by atoms with E-state index in [1.165, 1.54) is 0 Å². The standard InChI is InChI=1S/C13H14ClN3O/c1-7-4-9(14)6-10(12(7)18-3)13-16-8(2)5-11(15)17-13/h4-6H,1-3H3,(H2,15,16,17). The number of rotatable bonds is 2. The van der Waals surface area contributed by atoms with Crippen molar-refractivity contribution in [3.05, 3.63) is 34.5 Å². The van der Waals surface area contributed by atoms with Crippen molar-refractivity contribution in [3.63, 3.8) is 0 Å². The van der Waals surface area contributed by atoms with Crippen LogP contribution in [0.2, 0.25) is 5.02 Å². The Morgan fingerprint density at radius 2 is 1.89 bits per heavy atom. The third-order valence-electron chi connectivity index (χ3n) is 2.56. The first-order chi connectivity index (χ1) is 8.51. The van der Waals surface area contributed by atoms with Gasteiger partial charge in [0, 0.05) is 16.8 Å². The SMILES string of the molecule is COc1c(C)cc(Cl)cc1-c1nc(C)cc(N)n1. The molecule has 0 atom stereocenters. The Bertz CT molecular complexity index is 579. The van der Waals surface area contributed by atoms with Crippen LogP contribution in [0, 0.1) is 13.8 Å². The van der Waals surface area contributed by atoms with Gasteiger partial charge in [-0.1, -0.05) is 11.6 Å². The van der Waals surface area contributed by atoms with E-state index in [4.69, 9.17) is 22.1 Å². The molecule has 0 bridgehead atoms. The van der Waals surface area contributed by atoms with Crippen molar-refractivity contribution >= 4 is 17.4 Å². The van der Waals surface area contributed by atoms with Gasteiger partial charge in [0.05, 0.1) is 12.7 Å². The van der Waals surface area contributed by atoms with Crippen LogP contribution >= 0.6 is 11.6 Å². The summed E-state index contributed by atoms with van der Waals surface area (Å²) in [5.74, 6) is 1.66. The lowest BCUT2D eigenvalue weighted by Gasteiger charge is -2.11. The highest BCUT2D eigenvalue weighted by molar-refractivity contribution is 6.31. The predicted octanol–water partition coefficient (Wildman–Crippen LogP) is 3.00. The van der Waals surface area contributed by atoms with Crippen LogP contribution in [0.5, 0.6) is 5.75 Å². The summed E-state index contributed by atoms with van der Waals surface area (Å²) in [4.78, 5) is 8.59. The van der Waals surface area contributed by atoms with Crippen LogP contribution in [0.25, 0.3) is 11.4 Å². The summed E-state index contributed by atoms with van der Waals surface area (Å²) in [6, 6.07) is 5.33. The molecule has 2 aromatic rings. The number of ether oxygens (including phenoxy) is 1. The average Bonchev–Trinajstić information content (AvgIpc) is 2.26. The van der Waals surface area contributed by atoms with Crippen molar-refractivity contribution in [3.8, 4) is 17.1 Å². The summed E-state index contributed by atoms with van der Waals surface area (Å²) in [6.07, 6.45) is 0. The molecule has 0 radical (unpaired) electrons. The zero-order valence-electron chi connectivity index (χ0n) is 10.5. The number of hydrogen-bond donors (Lipinski definition) is 1. The maximum atomic E-state index is 6.07. The minimum Gasteiger partial charge on any atom is -0.496 e. The summed E-state index contributed by atoms with van der Waals surface area (Å²) in [7, 11) is 1.61. The second kappa shape index (κ2) is 4.82. The van der Waals surface area contributed by atoms with Crippen LogP contribution in [-0.4, -0.2) is 17.1 Å². The van der Waals surface area contributed by atoms with E-state index in [0.717, 1.165) is 16.8 Å². The Kier molecular flexibility index (Phi) is 3.39. The minimum atomic E-state index is 0.428. The van der Waals surface area contributed by atoms with Crippen LogP contribution in [-0.2, 0) is 0 Å². The fourth-order valence-corrected chi connectivity index (χ4v) is 2.15. The zero-order valence-corrected chi connectivity index (χ0v) is 11.2.